The summed E-state index contributed by atoms with van der Waals surface area (Å²) in [7, 11) is 0. The first kappa shape index (κ1) is 12.3. The van der Waals surface area contributed by atoms with Crippen LogP contribution in [0.15, 0.2) is 21.7 Å². The standard InChI is InChI=1S/C10H12BrN5S/c1-2-12-9-8(11)10(15-5-14-9)13-3-7-4-17-6-16-7/h4-6H,2-3H2,1H3,(H2,12,13,14,15). The molecule has 90 valence electrons. The number of thiazole rings is 1. The number of halogens is 1. The molecule has 5 nitrogen and oxygen atoms in total. The highest BCUT2D eigenvalue weighted by Crippen LogP contribution is 2.26. The fourth-order valence-electron chi connectivity index (χ4n) is 1.28. The number of nitrogens with one attached hydrogen (secondary N) is 2. The molecule has 0 unspecified atom stereocenters. The molecule has 0 atom stereocenters. The molecule has 2 aromatic heterocycles. The van der Waals surface area contributed by atoms with E-state index in [1.807, 2.05) is 17.8 Å². The van der Waals surface area contributed by atoms with E-state index in [9.17, 15) is 0 Å². The van der Waals surface area contributed by atoms with Gasteiger partial charge in [-0.05, 0) is 22.9 Å². The van der Waals surface area contributed by atoms with Crippen LogP contribution >= 0.6 is 27.3 Å². The molecule has 0 spiro atoms. The Morgan fingerprint density at radius 1 is 1.24 bits per heavy atom. The lowest BCUT2D eigenvalue weighted by Crippen LogP contribution is -2.06. The summed E-state index contributed by atoms with van der Waals surface area (Å²) in [5.41, 5.74) is 2.82. The maximum Gasteiger partial charge on any atom is 0.146 e. The number of hydrogen-bond acceptors (Lipinski definition) is 6. The van der Waals surface area contributed by atoms with Gasteiger partial charge in [-0.1, -0.05) is 0 Å². The molecule has 0 aliphatic carbocycles. The maximum absolute atomic E-state index is 4.20. The SMILES string of the molecule is CCNc1ncnc(NCc2cscn2)c1Br. The van der Waals surface area contributed by atoms with E-state index in [4.69, 9.17) is 0 Å². The van der Waals surface area contributed by atoms with Crippen molar-refractivity contribution in [1.29, 1.82) is 0 Å². The van der Waals surface area contributed by atoms with Crippen LogP contribution in [0.2, 0.25) is 0 Å². The first-order chi connectivity index (χ1) is 8.31. The summed E-state index contributed by atoms with van der Waals surface area (Å²) in [5.74, 6) is 1.56. The van der Waals surface area contributed by atoms with Gasteiger partial charge >= 0.3 is 0 Å². The van der Waals surface area contributed by atoms with Crippen LogP contribution in [-0.2, 0) is 6.54 Å². The van der Waals surface area contributed by atoms with Crippen LogP contribution in [0.1, 0.15) is 12.6 Å². The number of nitrogens with zero attached hydrogens (tertiary/aromatic N) is 3. The van der Waals surface area contributed by atoms with E-state index < -0.39 is 0 Å². The molecular formula is C10H12BrN5S. The van der Waals surface area contributed by atoms with Gasteiger partial charge in [-0.25, -0.2) is 15.0 Å². The zero-order chi connectivity index (χ0) is 12.1. The Morgan fingerprint density at radius 2 is 2.00 bits per heavy atom. The zero-order valence-electron chi connectivity index (χ0n) is 9.27. The van der Waals surface area contributed by atoms with Crippen LogP contribution in [0, 0.1) is 0 Å². The molecule has 0 amide bonds. The first-order valence-corrected chi connectivity index (χ1v) is 6.90. The normalized spacial score (nSPS) is 10.2. The van der Waals surface area contributed by atoms with Gasteiger partial charge < -0.3 is 10.6 Å². The van der Waals surface area contributed by atoms with Crippen molar-refractivity contribution in [3.63, 3.8) is 0 Å². The van der Waals surface area contributed by atoms with Crippen molar-refractivity contribution in [3.8, 4) is 0 Å². The molecular weight excluding hydrogens is 302 g/mol. The van der Waals surface area contributed by atoms with Gasteiger partial charge in [-0.15, -0.1) is 11.3 Å². The van der Waals surface area contributed by atoms with Crippen molar-refractivity contribution >= 4 is 38.9 Å². The highest BCUT2D eigenvalue weighted by atomic mass is 79.9. The third-order valence-electron chi connectivity index (χ3n) is 2.05. The Kier molecular flexibility index (Phi) is 4.27. The second-order valence-electron chi connectivity index (χ2n) is 3.25. The fraction of sp³-hybridized carbons (Fsp3) is 0.300. The minimum atomic E-state index is 0.657. The predicted octanol–water partition coefficient (Wildman–Crippen LogP) is 2.74. The van der Waals surface area contributed by atoms with Gasteiger partial charge in [0.2, 0.25) is 0 Å². The van der Waals surface area contributed by atoms with Gasteiger partial charge in [0.1, 0.15) is 22.4 Å². The highest BCUT2D eigenvalue weighted by Gasteiger charge is 2.07. The fourth-order valence-corrected chi connectivity index (χ4v) is 2.33. The molecule has 0 aliphatic heterocycles. The van der Waals surface area contributed by atoms with Crippen molar-refractivity contribution < 1.29 is 0 Å². The largest absolute Gasteiger partial charge is 0.369 e. The van der Waals surface area contributed by atoms with E-state index in [-0.39, 0.29) is 0 Å². The summed E-state index contributed by atoms with van der Waals surface area (Å²) >= 11 is 5.06. The molecule has 2 aromatic rings. The molecule has 2 rings (SSSR count). The maximum atomic E-state index is 4.20. The monoisotopic (exact) mass is 313 g/mol. The molecule has 0 aliphatic rings. The van der Waals surface area contributed by atoms with Crippen molar-refractivity contribution in [1.82, 2.24) is 15.0 Å². The lowest BCUT2D eigenvalue weighted by Gasteiger charge is -2.09. The molecule has 0 radical (unpaired) electrons. The minimum absolute atomic E-state index is 0.657. The zero-order valence-corrected chi connectivity index (χ0v) is 11.7. The van der Waals surface area contributed by atoms with Crippen LogP contribution < -0.4 is 10.6 Å². The molecule has 0 saturated carbocycles. The molecule has 0 saturated heterocycles. The van der Waals surface area contributed by atoms with Crippen molar-refractivity contribution in [2.45, 2.75) is 13.5 Å². The van der Waals surface area contributed by atoms with Crippen molar-refractivity contribution in [3.05, 3.63) is 27.4 Å². The van der Waals surface area contributed by atoms with Gasteiger partial charge in [0, 0.05) is 11.9 Å². The van der Waals surface area contributed by atoms with Gasteiger partial charge in [0.25, 0.3) is 0 Å². The van der Waals surface area contributed by atoms with E-state index in [1.54, 1.807) is 11.3 Å². The van der Waals surface area contributed by atoms with Gasteiger partial charge in [-0.3, -0.25) is 0 Å². The van der Waals surface area contributed by atoms with Crippen molar-refractivity contribution in [2.75, 3.05) is 17.2 Å². The van der Waals surface area contributed by atoms with Crippen LogP contribution in [0.3, 0.4) is 0 Å². The molecule has 0 aromatic carbocycles. The minimum Gasteiger partial charge on any atom is -0.369 e. The van der Waals surface area contributed by atoms with Gasteiger partial charge in [0.15, 0.2) is 0 Å². The summed E-state index contributed by atoms with van der Waals surface area (Å²) in [6, 6.07) is 0. The average molecular weight is 314 g/mol. The molecule has 2 N–H and O–H groups in total. The third kappa shape index (κ3) is 3.13. The Balaban J connectivity index is 2.07. The Morgan fingerprint density at radius 3 is 2.65 bits per heavy atom. The van der Waals surface area contributed by atoms with E-state index in [1.165, 1.54) is 6.33 Å². The van der Waals surface area contributed by atoms with Crippen LogP contribution in [0.4, 0.5) is 11.6 Å². The third-order valence-corrected chi connectivity index (χ3v) is 3.44. The number of aromatic nitrogens is 3. The molecule has 17 heavy (non-hydrogen) atoms. The number of hydrogen-bond donors (Lipinski definition) is 2. The highest BCUT2D eigenvalue weighted by molar-refractivity contribution is 9.10. The summed E-state index contributed by atoms with van der Waals surface area (Å²) in [6.07, 6.45) is 1.53. The average Bonchev–Trinajstić information content (AvgIpc) is 2.83. The Hall–Kier alpha value is -1.21. The van der Waals surface area contributed by atoms with Gasteiger partial charge in [0.05, 0.1) is 17.7 Å². The second-order valence-corrected chi connectivity index (χ2v) is 4.76. The van der Waals surface area contributed by atoms with Crippen LogP contribution in [-0.4, -0.2) is 21.5 Å². The lowest BCUT2D eigenvalue weighted by atomic mass is 10.4. The van der Waals surface area contributed by atoms with E-state index in [2.05, 4.69) is 41.5 Å². The summed E-state index contributed by atoms with van der Waals surface area (Å²) in [6.45, 7) is 3.50. The smallest absolute Gasteiger partial charge is 0.146 e. The molecule has 0 fully saturated rings. The topological polar surface area (TPSA) is 62.7 Å². The van der Waals surface area contributed by atoms with Crippen molar-refractivity contribution in [2.24, 2.45) is 0 Å². The molecule has 7 heteroatoms. The summed E-state index contributed by atoms with van der Waals surface area (Å²) < 4.78 is 0.845. The van der Waals surface area contributed by atoms with Crippen LogP contribution in [0.5, 0.6) is 0 Å². The summed E-state index contributed by atoms with van der Waals surface area (Å²) in [4.78, 5) is 12.5. The molecule has 2 heterocycles. The first-order valence-electron chi connectivity index (χ1n) is 5.16. The van der Waals surface area contributed by atoms with E-state index >= 15 is 0 Å². The lowest BCUT2D eigenvalue weighted by molar-refractivity contribution is 1.03. The predicted molar refractivity (Wildman–Crippen MR) is 73.3 cm³/mol. The Bertz CT molecular complexity index is 474. The quantitative estimate of drug-likeness (QED) is 0.888. The van der Waals surface area contributed by atoms with E-state index in [0.29, 0.717) is 6.54 Å². The Labute approximate surface area is 112 Å². The second kappa shape index (κ2) is 5.92. The number of anilines is 2. The van der Waals surface area contributed by atoms with Gasteiger partial charge in [-0.2, -0.15) is 0 Å². The van der Waals surface area contributed by atoms with Crippen LogP contribution in [0.25, 0.3) is 0 Å². The molecule has 0 bridgehead atoms. The van der Waals surface area contributed by atoms with E-state index in [0.717, 1.165) is 28.3 Å². The summed E-state index contributed by atoms with van der Waals surface area (Å²) in [5, 5.41) is 8.39. The number of rotatable bonds is 5.